The summed E-state index contributed by atoms with van der Waals surface area (Å²) in [5.41, 5.74) is 0.982. The lowest BCUT2D eigenvalue weighted by Gasteiger charge is -2.41. The molecule has 1 atom stereocenters. The van der Waals surface area contributed by atoms with Gasteiger partial charge in [-0.2, -0.15) is 0 Å². The molecule has 0 bridgehead atoms. The van der Waals surface area contributed by atoms with Crippen molar-refractivity contribution in [3.05, 3.63) is 35.9 Å². The number of ether oxygens (including phenoxy) is 1. The second-order valence-corrected chi connectivity index (χ2v) is 9.69. The second-order valence-electron chi connectivity index (χ2n) is 9.69. The van der Waals surface area contributed by atoms with E-state index in [-0.39, 0.29) is 17.7 Å². The molecular weight excluding hydrogens is 462 g/mol. The molecule has 10 nitrogen and oxygen atoms in total. The Morgan fingerprint density at radius 2 is 1.92 bits per heavy atom. The second kappa shape index (κ2) is 11.6. The number of nitrogens with zero attached hydrogens (tertiary/aromatic N) is 3. The molecule has 2 fully saturated rings. The maximum absolute atomic E-state index is 13.5. The molecule has 194 valence electrons. The molecule has 0 radical (unpaired) electrons. The smallest absolute Gasteiger partial charge is 0.259 e. The molecule has 0 aliphatic carbocycles. The molecule has 4 heterocycles. The van der Waals surface area contributed by atoms with Crippen molar-refractivity contribution in [3.8, 4) is 11.3 Å². The molecule has 36 heavy (non-hydrogen) atoms. The van der Waals surface area contributed by atoms with Crippen molar-refractivity contribution in [2.75, 3.05) is 32.8 Å². The summed E-state index contributed by atoms with van der Waals surface area (Å²) in [5.74, 6) is -0.0268. The summed E-state index contributed by atoms with van der Waals surface area (Å²) in [6.45, 7) is 6.05. The van der Waals surface area contributed by atoms with E-state index in [1.165, 1.54) is 0 Å². The Labute approximate surface area is 211 Å². The number of aryl methyl sites for hydroxylation is 1. The van der Waals surface area contributed by atoms with E-state index in [4.69, 9.17) is 9.26 Å². The Hall–Kier alpha value is -3.27. The van der Waals surface area contributed by atoms with Gasteiger partial charge in [0.05, 0.1) is 5.41 Å². The average Bonchev–Trinajstić information content (AvgIpc) is 3.28. The summed E-state index contributed by atoms with van der Waals surface area (Å²) in [4.78, 5) is 45.3. The van der Waals surface area contributed by atoms with Gasteiger partial charge in [-0.1, -0.05) is 11.6 Å². The van der Waals surface area contributed by atoms with Gasteiger partial charge in [0.2, 0.25) is 11.8 Å². The molecule has 2 aromatic heterocycles. The first-order valence-electron chi connectivity index (χ1n) is 12.7. The Bertz CT molecular complexity index is 1060. The van der Waals surface area contributed by atoms with Crippen molar-refractivity contribution < 1.29 is 23.6 Å². The number of pyridine rings is 1. The standard InChI is InChI=1S/C26H35N5O5/c1-18-23(32)28-12-6-16-35-15-4-3-8-26(25(34)29-18)9-13-31(14-10-26)24(33)21-19(2)36-30-22(21)20-7-5-11-27-17-20/h5,7,11,17-18H,3-4,6,8-10,12-16H2,1-2H3,(H,28,32)(H,29,34)/t18-/m0/s1. The topological polar surface area (TPSA) is 127 Å². The minimum Gasteiger partial charge on any atom is -0.381 e. The van der Waals surface area contributed by atoms with Crippen molar-refractivity contribution >= 4 is 17.7 Å². The van der Waals surface area contributed by atoms with E-state index in [1.54, 1.807) is 37.2 Å². The molecule has 4 rings (SSSR count). The first kappa shape index (κ1) is 25.8. The van der Waals surface area contributed by atoms with Gasteiger partial charge in [0.1, 0.15) is 23.1 Å². The molecular formula is C26H35N5O5. The van der Waals surface area contributed by atoms with Gasteiger partial charge < -0.3 is 24.8 Å². The monoisotopic (exact) mass is 497 g/mol. The zero-order valence-corrected chi connectivity index (χ0v) is 21.0. The van der Waals surface area contributed by atoms with E-state index >= 15 is 0 Å². The lowest BCUT2D eigenvalue weighted by atomic mass is 9.73. The lowest BCUT2D eigenvalue weighted by molar-refractivity contribution is -0.137. The molecule has 1 spiro atoms. The highest BCUT2D eigenvalue weighted by molar-refractivity contribution is 6.01. The van der Waals surface area contributed by atoms with E-state index in [1.807, 2.05) is 6.07 Å². The van der Waals surface area contributed by atoms with Crippen molar-refractivity contribution in [2.45, 2.75) is 58.4 Å². The Morgan fingerprint density at radius 1 is 1.14 bits per heavy atom. The minimum absolute atomic E-state index is 0.118. The van der Waals surface area contributed by atoms with Crippen molar-refractivity contribution in [2.24, 2.45) is 5.41 Å². The van der Waals surface area contributed by atoms with Crippen LogP contribution < -0.4 is 10.6 Å². The van der Waals surface area contributed by atoms with Gasteiger partial charge >= 0.3 is 0 Å². The summed E-state index contributed by atoms with van der Waals surface area (Å²) in [6.07, 6.45) is 7.50. The van der Waals surface area contributed by atoms with Crippen molar-refractivity contribution in [1.82, 2.24) is 25.7 Å². The quantitative estimate of drug-likeness (QED) is 0.653. The van der Waals surface area contributed by atoms with Crippen molar-refractivity contribution in [1.29, 1.82) is 0 Å². The van der Waals surface area contributed by atoms with Crippen LogP contribution in [0.1, 0.15) is 61.6 Å². The van der Waals surface area contributed by atoms with Gasteiger partial charge in [-0.15, -0.1) is 0 Å². The summed E-state index contributed by atoms with van der Waals surface area (Å²) in [5, 5.41) is 9.90. The molecule has 3 amide bonds. The number of hydrogen-bond acceptors (Lipinski definition) is 7. The van der Waals surface area contributed by atoms with Gasteiger partial charge in [-0.3, -0.25) is 19.4 Å². The van der Waals surface area contributed by atoms with E-state index in [9.17, 15) is 14.4 Å². The third-order valence-corrected chi connectivity index (χ3v) is 7.20. The maximum Gasteiger partial charge on any atom is 0.259 e. The molecule has 0 saturated carbocycles. The number of nitrogens with one attached hydrogen (secondary N) is 2. The highest BCUT2D eigenvalue weighted by atomic mass is 16.5. The largest absolute Gasteiger partial charge is 0.381 e. The number of likely N-dealkylation sites (tertiary alicyclic amines) is 1. The molecule has 2 N–H and O–H groups in total. The van der Waals surface area contributed by atoms with Gasteiger partial charge in [-0.05, 0) is 58.1 Å². The van der Waals surface area contributed by atoms with Crippen LogP contribution in [-0.4, -0.2) is 71.7 Å². The van der Waals surface area contributed by atoms with Gasteiger partial charge in [-0.25, -0.2) is 0 Å². The summed E-state index contributed by atoms with van der Waals surface area (Å²) >= 11 is 0. The molecule has 10 heteroatoms. The van der Waals surface area contributed by atoms with Crippen LogP contribution in [0, 0.1) is 12.3 Å². The van der Waals surface area contributed by atoms with Crippen molar-refractivity contribution in [3.63, 3.8) is 0 Å². The SMILES string of the molecule is Cc1onc(-c2cccnc2)c1C(=O)N1CCC2(CCCCOCCCNC(=O)[C@H](C)NC2=O)CC1. The number of amides is 3. The average molecular weight is 498 g/mol. The van der Waals surface area contributed by atoms with E-state index in [2.05, 4.69) is 20.8 Å². The number of carbonyl (C=O) groups excluding carboxylic acids is 3. The number of aromatic nitrogens is 2. The lowest BCUT2D eigenvalue weighted by Crippen LogP contribution is -2.54. The third-order valence-electron chi connectivity index (χ3n) is 7.20. The first-order valence-corrected chi connectivity index (χ1v) is 12.7. The predicted molar refractivity (Wildman–Crippen MR) is 132 cm³/mol. The van der Waals surface area contributed by atoms with Crippen LogP contribution in [-0.2, 0) is 14.3 Å². The maximum atomic E-state index is 13.5. The van der Waals surface area contributed by atoms with Crippen LogP contribution in [0.25, 0.3) is 11.3 Å². The zero-order valence-electron chi connectivity index (χ0n) is 21.0. The predicted octanol–water partition coefficient (Wildman–Crippen LogP) is 2.48. The van der Waals surface area contributed by atoms with Crippen LogP contribution in [0.15, 0.2) is 29.0 Å². The zero-order chi connectivity index (χ0) is 25.5. The van der Waals surface area contributed by atoms with Crippen LogP contribution in [0.3, 0.4) is 0 Å². The number of piperidine rings is 1. The number of carbonyl (C=O) groups is 3. The van der Waals surface area contributed by atoms with Crippen LogP contribution in [0.2, 0.25) is 0 Å². The summed E-state index contributed by atoms with van der Waals surface area (Å²) < 4.78 is 11.0. The van der Waals surface area contributed by atoms with Gasteiger partial charge in [0.15, 0.2) is 0 Å². The van der Waals surface area contributed by atoms with E-state index in [0.717, 1.165) is 19.3 Å². The van der Waals surface area contributed by atoms with Crippen LogP contribution in [0.5, 0.6) is 0 Å². The Kier molecular flexibility index (Phi) is 8.35. The normalized spacial score (nSPS) is 21.9. The fourth-order valence-electron chi connectivity index (χ4n) is 4.93. The van der Waals surface area contributed by atoms with Gasteiger partial charge in [0.25, 0.3) is 5.91 Å². The molecule has 2 aromatic rings. The Balaban J connectivity index is 1.48. The molecule has 2 aliphatic rings. The Morgan fingerprint density at radius 3 is 2.67 bits per heavy atom. The minimum atomic E-state index is -0.634. The highest BCUT2D eigenvalue weighted by Crippen LogP contribution is 2.38. The molecule has 0 unspecified atom stereocenters. The fourth-order valence-corrected chi connectivity index (χ4v) is 4.93. The molecule has 2 aliphatic heterocycles. The van der Waals surface area contributed by atoms with E-state index < -0.39 is 11.5 Å². The number of rotatable bonds is 2. The fraction of sp³-hybridized carbons (Fsp3) is 0.577. The van der Waals surface area contributed by atoms with Crippen LogP contribution >= 0.6 is 0 Å². The number of hydrogen-bond donors (Lipinski definition) is 2. The van der Waals surface area contributed by atoms with E-state index in [0.29, 0.717) is 74.7 Å². The summed E-state index contributed by atoms with van der Waals surface area (Å²) in [7, 11) is 0. The van der Waals surface area contributed by atoms with Crippen LogP contribution in [0.4, 0.5) is 0 Å². The van der Waals surface area contributed by atoms with Gasteiger partial charge in [0, 0.05) is 50.8 Å². The molecule has 2 saturated heterocycles. The summed E-state index contributed by atoms with van der Waals surface area (Å²) in [6, 6.07) is 3.00. The highest BCUT2D eigenvalue weighted by Gasteiger charge is 2.43. The molecule has 0 aromatic carbocycles. The first-order chi connectivity index (χ1) is 17.4. The third kappa shape index (κ3) is 5.75.